The zero-order chi connectivity index (χ0) is 15.6. The molecule has 23 heavy (non-hydrogen) atoms. The van der Waals surface area contributed by atoms with Crippen LogP contribution in [0.15, 0.2) is 23.2 Å². The van der Waals surface area contributed by atoms with Gasteiger partial charge in [-0.15, -0.1) is 0 Å². The monoisotopic (exact) mass is 327 g/mol. The number of thiazole rings is 1. The number of hydrogen-bond acceptors (Lipinski definition) is 6. The molecule has 4 aliphatic heterocycles. The molecule has 1 aromatic heterocycles. The van der Waals surface area contributed by atoms with E-state index in [4.69, 9.17) is 15.7 Å². The zero-order valence-electron chi connectivity index (χ0n) is 13.3. The summed E-state index contributed by atoms with van der Waals surface area (Å²) in [7, 11) is 0. The Kier molecular flexibility index (Phi) is 2.79. The van der Waals surface area contributed by atoms with Crippen molar-refractivity contribution in [2.75, 3.05) is 31.1 Å². The van der Waals surface area contributed by atoms with Gasteiger partial charge in [-0.3, -0.25) is 4.90 Å². The highest BCUT2D eigenvalue weighted by Crippen LogP contribution is 2.43. The van der Waals surface area contributed by atoms with Crippen molar-refractivity contribution in [1.29, 1.82) is 0 Å². The van der Waals surface area contributed by atoms with Gasteiger partial charge in [-0.25, -0.2) is 9.98 Å². The number of benzene rings is 1. The molecule has 1 atom stereocenters. The van der Waals surface area contributed by atoms with Crippen molar-refractivity contribution in [1.82, 2.24) is 9.88 Å². The molecule has 3 saturated heterocycles. The lowest BCUT2D eigenvalue weighted by atomic mass is 9.73. The molecule has 1 unspecified atom stereocenters. The molecule has 1 spiro atoms. The summed E-state index contributed by atoms with van der Waals surface area (Å²) in [5.41, 5.74) is 8.64. The van der Waals surface area contributed by atoms with E-state index in [1.54, 1.807) is 11.3 Å². The smallest absolute Gasteiger partial charge is 0.198 e. The third-order valence-electron chi connectivity index (χ3n) is 5.65. The molecular weight excluding hydrogens is 306 g/mol. The second-order valence-electron chi connectivity index (χ2n) is 7.18. The summed E-state index contributed by atoms with van der Waals surface area (Å²) in [4.78, 5) is 14.4. The van der Waals surface area contributed by atoms with Crippen molar-refractivity contribution in [2.24, 2.45) is 16.6 Å². The second-order valence-corrected chi connectivity index (χ2v) is 8.19. The molecule has 4 aliphatic rings. The SMILES string of the molecule is Cc1ccc2nc(N3CC4(CN5CCC4CC5)N=C3N)sc2c1. The standard InChI is InChI=1S/C17H21N5S/c1-11-2-3-13-14(8-11)23-16(19-13)22-10-17(20-15(22)18)9-21-6-4-12(17)5-7-21/h2-3,8,12H,4-7,9-10H2,1H3,(H2,18,20). The highest BCUT2D eigenvalue weighted by atomic mass is 32.1. The number of nitrogens with two attached hydrogens (primary N) is 1. The van der Waals surface area contributed by atoms with Crippen molar-refractivity contribution in [3.05, 3.63) is 23.8 Å². The summed E-state index contributed by atoms with van der Waals surface area (Å²) in [5.74, 6) is 1.32. The van der Waals surface area contributed by atoms with Gasteiger partial charge in [0.25, 0.3) is 0 Å². The van der Waals surface area contributed by atoms with E-state index >= 15 is 0 Å². The normalized spacial score (nSPS) is 32.9. The van der Waals surface area contributed by atoms with Crippen LogP contribution >= 0.6 is 11.3 Å². The van der Waals surface area contributed by atoms with E-state index in [-0.39, 0.29) is 5.54 Å². The van der Waals surface area contributed by atoms with Crippen molar-refractivity contribution in [2.45, 2.75) is 25.3 Å². The largest absolute Gasteiger partial charge is 0.369 e. The van der Waals surface area contributed by atoms with Gasteiger partial charge in [0.05, 0.1) is 22.3 Å². The molecule has 2 bridgehead atoms. The molecule has 0 amide bonds. The first-order valence-corrected chi connectivity index (χ1v) is 9.17. The molecule has 2 aromatic rings. The number of aromatic nitrogens is 1. The number of rotatable bonds is 1. The molecule has 6 rings (SSSR count). The van der Waals surface area contributed by atoms with Gasteiger partial charge in [-0.2, -0.15) is 0 Å². The van der Waals surface area contributed by atoms with Gasteiger partial charge >= 0.3 is 0 Å². The molecule has 120 valence electrons. The molecule has 0 saturated carbocycles. The average Bonchev–Trinajstić information content (AvgIpc) is 3.09. The minimum Gasteiger partial charge on any atom is -0.369 e. The molecule has 6 heteroatoms. The predicted octanol–water partition coefficient (Wildman–Crippen LogP) is 2.20. The maximum Gasteiger partial charge on any atom is 0.198 e. The Hall–Kier alpha value is -1.66. The number of hydrogen-bond donors (Lipinski definition) is 1. The number of anilines is 1. The Morgan fingerprint density at radius 2 is 2.09 bits per heavy atom. The minimum atomic E-state index is -0.00560. The van der Waals surface area contributed by atoms with Gasteiger partial charge in [0.2, 0.25) is 0 Å². The van der Waals surface area contributed by atoms with Crippen LogP contribution in [0.5, 0.6) is 0 Å². The summed E-state index contributed by atoms with van der Waals surface area (Å²) in [5, 5.41) is 0.986. The van der Waals surface area contributed by atoms with E-state index in [1.165, 1.54) is 36.2 Å². The van der Waals surface area contributed by atoms with E-state index in [9.17, 15) is 0 Å². The molecular formula is C17H21N5S. The third kappa shape index (κ3) is 2.01. The Bertz CT molecular complexity index is 804. The summed E-state index contributed by atoms with van der Waals surface area (Å²) in [6, 6.07) is 6.41. The number of guanidine groups is 1. The molecule has 5 nitrogen and oxygen atoms in total. The van der Waals surface area contributed by atoms with Gasteiger partial charge in [0.1, 0.15) is 0 Å². The van der Waals surface area contributed by atoms with Crippen LogP contribution in [0.3, 0.4) is 0 Å². The van der Waals surface area contributed by atoms with Crippen molar-refractivity contribution in [3.63, 3.8) is 0 Å². The van der Waals surface area contributed by atoms with Crippen LogP contribution in [0.4, 0.5) is 5.13 Å². The maximum atomic E-state index is 6.32. The van der Waals surface area contributed by atoms with Crippen LogP contribution < -0.4 is 10.6 Å². The zero-order valence-corrected chi connectivity index (χ0v) is 14.1. The Labute approximate surface area is 139 Å². The van der Waals surface area contributed by atoms with Crippen LogP contribution in [-0.4, -0.2) is 47.6 Å². The van der Waals surface area contributed by atoms with E-state index in [2.05, 4.69) is 34.9 Å². The first-order chi connectivity index (χ1) is 11.1. The predicted molar refractivity (Wildman–Crippen MR) is 95.2 cm³/mol. The van der Waals surface area contributed by atoms with Crippen LogP contribution in [0.25, 0.3) is 10.2 Å². The first-order valence-electron chi connectivity index (χ1n) is 8.35. The van der Waals surface area contributed by atoms with Crippen LogP contribution in [-0.2, 0) is 0 Å². The first kappa shape index (κ1) is 13.7. The number of aryl methyl sites for hydroxylation is 1. The number of fused-ring (bicyclic) bond motifs is 3. The summed E-state index contributed by atoms with van der Waals surface area (Å²) >= 11 is 1.72. The number of piperidine rings is 3. The second kappa shape index (κ2) is 4.68. The quantitative estimate of drug-likeness (QED) is 0.872. The average molecular weight is 327 g/mol. The minimum absolute atomic E-state index is 0.00560. The van der Waals surface area contributed by atoms with E-state index in [0.29, 0.717) is 11.9 Å². The van der Waals surface area contributed by atoms with Gasteiger partial charge in [-0.1, -0.05) is 17.4 Å². The fraction of sp³-hybridized carbons (Fsp3) is 0.529. The number of aliphatic imine (C=N–C) groups is 1. The van der Waals surface area contributed by atoms with Crippen molar-refractivity contribution >= 4 is 32.6 Å². The highest BCUT2D eigenvalue weighted by Gasteiger charge is 2.51. The Balaban J connectivity index is 1.51. The molecule has 1 aromatic carbocycles. The molecule has 0 radical (unpaired) electrons. The summed E-state index contributed by atoms with van der Waals surface area (Å²) < 4.78 is 1.22. The molecule has 3 fully saturated rings. The maximum absolute atomic E-state index is 6.32. The van der Waals surface area contributed by atoms with Gasteiger partial charge in [0, 0.05) is 6.54 Å². The van der Waals surface area contributed by atoms with E-state index in [0.717, 1.165) is 23.7 Å². The van der Waals surface area contributed by atoms with Gasteiger partial charge < -0.3 is 10.6 Å². The van der Waals surface area contributed by atoms with Crippen LogP contribution in [0.2, 0.25) is 0 Å². The van der Waals surface area contributed by atoms with Gasteiger partial charge in [0.15, 0.2) is 11.1 Å². The molecule has 5 heterocycles. The van der Waals surface area contributed by atoms with E-state index < -0.39 is 0 Å². The lowest BCUT2D eigenvalue weighted by molar-refractivity contribution is 0.0390. The van der Waals surface area contributed by atoms with Crippen LogP contribution in [0, 0.1) is 12.8 Å². The molecule has 2 N–H and O–H groups in total. The molecule has 0 aliphatic carbocycles. The lowest BCUT2D eigenvalue weighted by Crippen LogP contribution is -2.60. The van der Waals surface area contributed by atoms with Crippen molar-refractivity contribution in [3.8, 4) is 0 Å². The highest BCUT2D eigenvalue weighted by molar-refractivity contribution is 7.22. The third-order valence-corrected chi connectivity index (χ3v) is 6.70. The van der Waals surface area contributed by atoms with E-state index in [1.807, 2.05) is 0 Å². The fourth-order valence-electron chi connectivity index (χ4n) is 4.43. The Morgan fingerprint density at radius 1 is 1.26 bits per heavy atom. The fourth-order valence-corrected chi connectivity index (χ4v) is 5.50. The lowest BCUT2D eigenvalue weighted by Gasteiger charge is -2.49. The van der Waals surface area contributed by atoms with Crippen molar-refractivity contribution < 1.29 is 0 Å². The number of nitrogens with zero attached hydrogens (tertiary/aromatic N) is 4. The summed E-state index contributed by atoms with van der Waals surface area (Å²) in [6.45, 7) is 6.51. The van der Waals surface area contributed by atoms with Crippen LogP contribution in [0.1, 0.15) is 18.4 Å². The topological polar surface area (TPSA) is 57.8 Å². The van der Waals surface area contributed by atoms with Gasteiger partial charge in [-0.05, 0) is 56.5 Å². The Morgan fingerprint density at radius 3 is 2.83 bits per heavy atom. The summed E-state index contributed by atoms with van der Waals surface area (Å²) in [6.07, 6.45) is 2.51.